The number of aromatic nitrogens is 1. The first-order chi connectivity index (χ1) is 9.38. The normalized spacial score (nSPS) is 11.1. The van der Waals surface area contributed by atoms with Gasteiger partial charge in [0.25, 0.3) is 5.91 Å². The maximum atomic E-state index is 12.1. The second-order valence-electron chi connectivity index (χ2n) is 4.09. The Balaban J connectivity index is 2.29. The Kier molecular flexibility index (Phi) is 4.20. The van der Waals surface area contributed by atoms with Gasteiger partial charge in [0, 0.05) is 18.0 Å². The summed E-state index contributed by atoms with van der Waals surface area (Å²) in [5.41, 5.74) is 0.255. The average molecular weight is 355 g/mol. The Morgan fingerprint density at radius 3 is 2.65 bits per heavy atom. The fourth-order valence-electron chi connectivity index (χ4n) is 1.53. The van der Waals surface area contributed by atoms with Crippen LogP contribution in [0.3, 0.4) is 0 Å². The van der Waals surface area contributed by atoms with Gasteiger partial charge < -0.3 is 5.32 Å². The van der Waals surface area contributed by atoms with Gasteiger partial charge in [0.2, 0.25) is 0 Å². The van der Waals surface area contributed by atoms with Crippen LogP contribution in [0.25, 0.3) is 0 Å². The number of carbonyl (C=O) groups excluding carboxylic acids is 1. The van der Waals surface area contributed by atoms with Crippen molar-refractivity contribution < 1.29 is 13.2 Å². The molecule has 0 spiro atoms. The van der Waals surface area contributed by atoms with Crippen molar-refractivity contribution in [3.8, 4) is 0 Å². The molecule has 7 heteroatoms. The molecule has 0 fully saturated rings. The molecule has 2 rings (SSSR count). The Morgan fingerprint density at radius 2 is 2.00 bits per heavy atom. The number of amides is 1. The Labute approximate surface area is 125 Å². The van der Waals surface area contributed by atoms with Crippen LogP contribution in [0.5, 0.6) is 0 Å². The highest BCUT2D eigenvalue weighted by molar-refractivity contribution is 9.10. The van der Waals surface area contributed by atoms with Crippen molar-refractivity contribution in [2.45, 2.75) is 4.90 Å². The monoisotopic (exact) mass is 354 g/mol. The van der Waals surface area contributed by atoms with Crippen molar-refractivity contribution in [3.63, 3.8) is 0 Å². The lowest BCUT2D eigenvalue weighted by Gasteiger charge is -2.07. The maximum Gasteiger partial charge on any atom is 0.256 e. The van der Waals surface area contributed by atoms with Gasteiger partial charge in [-0.05, 0) is 46.3 Å². The van der Waals surface area contributed by atoms with Gasteiger partial charge in [0.1, 0.15) is 5.82 Å². The van der Waals surface area contributed by atoms with Crippen LogP contribution in [0.15, 0.2) is 52.0 Å². The van der Waals surface area contributed by atoms with Crippen molar-refractivity contribution in [1.82, 2.24) is 4.98 Å². The minimum atomic E-state index is -3.34. The number of rotatable bonds is 3. The summed E-state index contributed by atoms with van der Waals surface area (Å²) in [7, 11) is -3.34. The summed E-state index contributed by atoms with van der Waals surface area (Å²) < 4.78 is 23.6. The van der Waals surface area contributed by atoms with Gasteiger partial charge in [-0.25, -0.2) is 13.4 Å². The zero-order valence-corrected chi connectivity index (χ0v) is 12.9. The number of pyridine rings is 1. The van der Waals surface area contributed by atoms with E-state index in [1.165, 1.54) is 18.2 Å². The molecule has 1 amide bonds. The highest BCUT2D eigenvalue weighted by atomic mass is 79.9. The van der Waals surface area contributed by atoms with Crippen LogP contribution in [0, 0.1) is 0 Å². The van der Waals surface area contributed by atoms with E-state index in [-0.39, 0.29) is 10.5 Å². The van der Waals surface area contributed by atoms with Crippen LogP contribution in [0.1, 0.15) is 10.4 Å². The number of halogens is 1. The molecule has 1 aromatic heterocycles. The van der Waals surface area contributed by atoms with Gasteiger partial charge in [-0.1, -0.05) is 6.07 Å². The van der Waals surface area contributed by atoms with E-state index in [1.54, 1.807) is 24.4 Å². The van der Waals surface area contributed by atoms with Crippen molar-refractivity contribution in [3.05, 3.63) is 52.6 Å². The van der Waals surface area contributed by atoms with Crippen LogP contribution in [0.2, 0.25) is 0 Å². The highest BCUT2D eigenvalue weighted by Crippen LogP contribution is 2.19. The molecular formula is C13H11BrN2O3S. The molecule has 1 heterocycles. The molecule has 0 saturated carbocycles. The Morgan fingerprint density at radius 1 is 1.25 bits per heavy atom. The summed E-state index contributed by atoms with van der Waals surface area (Å²) in [4.78, 5) is 16.2. The van der Waals surface area contributed by atoms with E-state index in [0.29, 0.717) is 10.3 Å². The van der Waals surface area contributed by atoms with Crippen molar-refractivity contribution in [2.75, 3.05) is 11.6 Å². The molecule has 0 aliphatic heterocycles. The number of carbonyl (C=O) groups is 1. The molecule has 0 atom stereocenters. The van der Waals surface area contributed by atoms with E-state index >= 15 is 0 Å². The van der Waals surface area contributed by atoms with E-state index < -0.39 is 15.7 Å². The minimum Gasteiger partial charge on any atom is -0.306 e. The third-order valence-corrected chi connectivity index (χ3v) is 4.26. The summed E-state index contributed by atoms with van der Waals surface area (Å²) in [5.74, 6) is -0.0443. The van der Waals surface area contributed by atoms with Crippen LogP contribution >= 0.6 is 15.9 Å². The third-order valence-electron chi connectivity index (χ3n) is 2.51. The number of anilines is 1. The first-order valence-corrected chi connectivity index (χ1v) is 8.28. The van der Waals surface area contributed by atoms with Crippen LogP contribution < -0.4 is 5.32 Å². The molecule has 2 aromatic rings. The third kappa shape index (κ3) is 3.43. The lowest BCUT2D eigenvalue weighted by atomic mass is 10.2. The fraction of sp³-hybridized carbons (Fsp3) is 0.0769. The van der Waals surface area contributed by atoms with Crippen LogP contribution in [-0.4, -0.2) is 25.6 Å². The topological polar surface area (TPSA) is 76.1 Å². The molecule has 0 aliphatic carbocycles. The van der Waals surface area contributed by atoms with Crippen molar-refractivity contribution >= 4 is 37.5 Å². The number of sulfone groups is 1. The summed E-state index contributed by atoms with van der Waals surface area (Å²) >= 11 is 3.27. The first-order valence-electron chi connectivity index (χ1n) is 5.60. The molecule has 5 nitrogen and oxygen atoms in total. The maximum absolute atomic E-state index is 12.1. The molecule has 1 N–H and O–H groups in total. The average Bonchev–Trinajstić information content (AvgIpc) is 2.40. The summed E-state index contributed by atoms with van der Waals surface area (Å²) in [6.07, 6.45) is 2.65. The van der Waals surface area contributed by atoms with E-state index in [2.05, 4.69) is 26.2 Å². The second kappa shape index (κ2) is 5.72. The van der Waals surface area contributed by atoms with E-state index in [4.69, 9.17) is 0 Å². The predicted molar refractivity (Wildman–Crippen MR) is 79.4 cm³/mol. The molecule has 0 aliphatic rings. The SMILES string of the molecule is CS(=O)(=O)c1cccc(C(=O)Nc2ncccc2Br)c1. The largest absolute Gasteiger partial charge is 0.306 e. The molecule has 0 bridgehead atoms. The Hall–Kier alpha value is -1.73. The number of nitrogens with one attached hydrogen (secondary N) is 1. The quantitative estimate of drug-likeness (QED) is 0.918. The van der Waals surface area contributed by atoms with Gasteiger partial charge in [-0.2, -0.15) is 0 Å². The zero-order valence-electron chi connectivity index (χ0n) is 10.5. The van der Waals surface area contributed by atoms with Crippen molar-refractivity contribution in [1.29, 1.82) is 0 Å². The van der Waals surface area contributed by atoms with Gasteiger partial charge in [-0.15, -0.1) is 0 Å². The number of nitrogens with zero attached hydrogens (tertiary/aromatic N) is 1. The van der Waals surface area contributed by atoms with E-state index in [9.17, 15) is 13.2 Å². The summed E-state index contributed by atoms with van der Waals surface area (Å²) in [6, 6.07) is 9.32. The fourth-order valence-corrected chi connectivity index (χ4v) is 2.55. The number of benzene rings is 1. The van der Waals surface area contributed by atoms with E-state index in [1.807, 2.05) is 0 Å². The van der Waals surface area contributed by atoms with Gasteiger partial charge in [-0.3, -0.25) is 4.79 Å². The molecule has 104 valence electrons. The van der Waals surface area contributed by atoms with Crippen LogP contribution in [-0.2, 0) is 9.84 Å². The first kappa shape index (κ1) is 14.7. The van der Waals surface area contributed by atoms with Gasteiger partial charge in [0.15, 0.2) is 9.84 Å². The van der Waals surface area contributed by atoms with Gasteiger partial charge >= 0.3 is 0 Å². The van der Waals surface area contributed by atoms with Crippen LogP contribution in [0.4, 0.5) is 5.82 Å². The lowest BCUT2D eigenvalue weighted by Crippen LogP contribution is -2.14. The molecule has 0 unspecified atom stereocenters. The smallest absolute Gasteiger partial charge is 0.256 e. The van der Waals surface area contributed by atoms with Gasteiger partial charge in [0.05, 0.1) is 9.37 Å². The lowest BCUT2D eigenvalue weighted by molar-refractivity contribution is 0.102. The Bertz CT molecular complexity index is 760. The standard InChI is InChI=1S/C13H11BrN2O3S/c1-20(18,19)10-5-2-4-9(8-10)13(17)16-12-11(14)6-3-7-15-12/h2-8H,1H3,(H,15,16,17). The molecule has 1 aromatic carbocycles. The molecule has 0 radical (unpaired) electrons. The molecular weight excluding hydrogens is 344 g/mol. The van der Waals surface area contributed by atoms with Crippen molar-refractivity contribution in [2.24, 2.45) is 0 Å². The van der Waals surface area contributed by atoms with E-state index in [0.717, 1.165) is 6.26 Å². The predicted octanol–water partition coefficient (Wildman–Crippen LogP) is 2.50. The number of hydrogen-bond donors (Lipinski definition) is 1. The molecule has 0 saturated heterocycles. The number of hydrogen-bond acceptors (Lipinski definition) is 4. The minimum absolute atomic E-state index is 0.102. The summed E-state index contributed by atoms with van der Waals surface area (Å²) in [6.45, 7) is 0. The molecule has 20 heavy (non-hydrogen) atoms. The second-order valence-corrected chi connectivity index (χ2v) is 6.96. The highest BCUT2D eigenvalue weighted by Gasteiger charge is 2.13. The zero-order chi connectivity index (χ0) is 14.8. The summed E-state index contributed by atoms with van der Waals surface area (Å²) in [5, 5.41) is 2.61.